The first kappa shape index (κ1) is 19.0. The molecule has 1 saturated heterocycles. The van der Waals surface area contributed by atoms with Gasteiger partial charge in [0, 0.05) is 24.0 Å². The van der Waals surface area contributed by atoms with Gasteiger partial charge in [-0.1, -0.05) is 31.5 Å². The number of rotatable bonds is 9. The molecule has 1 aromatic heterocycles. The highest BCUT2D eigenvalue weighted by Gasteiger charge is 2.19. The van der Waals surface area contributed by atoms with E-state index in [4.69, 9.17) is 0 Å². The summed E-state index contributed by atoms with van der Waals surface area (Å²) in [5.74, 6) is 0.0796. The Kier molecular flexibility index (Phi) is 6.73. The number of hydrogen-bond donors (Lipinski definition) is 1. The maximum absolute atomic E-state index is 12.9. The number of carbonyl (C=O) groups excluding carboxylic acids is 1. The van der Waals surface area contributed by atoms with Crippen molar-refractivity contribution in [2.75, 3.05) is 26.2 Å². The van der Waals surface area contributed by atoms with Crippen LogP contribution in [0.25, 0.3) is 10.9 Å². The van der Waals surface area contributed by atoms with E-state index < -0.39 is 0 Å². The average Bonchev–Trinajstić information content (AvgIpc) is 3.26. The molecule has 0 atom stereocenters. The van der Waals surface area contributed by atoms with Crippen molar-refractivity contribution in [1.82, 2.24) is 14.8 Å². The van der Waals surface area contributed by atoms with Gasteiger partial charge in [-0.15, -0.1) is 0 Å². The number of aromatic nitrogens is 1. The number of para-hydroxylation sites is 1. The highest BCUT2D eigenvalue weighted by Crippen LogP contribution is 2.26. The van der Waals surface area contributed by atoms with Crippen molar-refractivity contribution in [1.29, 1.82) is 0 Å². The predicted molar refractivity (Wildman–Crippen MR) is 109 cm³/mol. The molecule has 0 unspecified atom stereocenters. The van der Waals surface area contributed by atoms with Crippen LogP contribution in [-0.2, 0) is 6.54 Å². The van der Waals surface area contributed by atoms with Gasteiger partial charge < -0.3 is 14.8 Å². The molecule has 26 heavy (non-hydrogen) atoms. The van der Waals surface area contributed by atoms with Gasteiger partial charge in [0.2, 0.25) is 0 Å². The van der Waals surface area contributed by atoms with Gasteiger partial charge >= 0.3 is 0 Å². The molecule has 1 fully saturated rings. The molecule has 142 valence electrons. The number of amides is 1. The Hall–Kier alpha value is -1.81. The standard InChI is InChI=1S/C22H33N3O/c1-3-4-17-25-20-12-6-5-11-19(20)18(2)21(25)22(26)23-13-7-8-14-24-15-9-10-16-24/h5-6,11-12H,3-4,7-10,13-17H2,1-2H3,(H,23,26). The summed E-state index contributed by atoms with van der Waals surface area (Å²) >= 11 is 0. The number of likely N-dealkylation sites (tertiary alicyclic amines) is 1. The topological polar surface area (TPSA) is 37.3 Å². The molecule has 0 spiro atoms. The maximum atomic E-state index is 12.9. The molecule has 0 saturated carbocycles. The van der Waals surface area contributed by atoms with E-state index in [1.165, 1.54) is 43.4 Å². The zero-order valence-corrected chi connectivity index (χ0v) is 16.4. The lowest BCUT2D eigenvalue weighted by Crippen LogP contribution is -2.28. The first-order valence-electron chi connectivity index (χ1n) is 10.3. The first-order chi connectivity index (χ1) is 12.7. The third kappa shape index (κ3) is 4.29. The number of hydrogen-bond acceptors (Lipinski definition) is 2. The Morgan fingerprint density at radius 2 is 1.85 bits per heavy atom. The summed E-state index contributed by atoms with van der Waals surface area (Å²) in [6, 6.07) is 8.37. The highest BCUT2D eigenvalue weighted by atomic mass is 16.1. The molecule has 4 nitrogen and oxygen atoms in total. The van der Waals surface area contributed by atoms with Crippen LogP contribution in [0.3, 0.4) is 0 Å². The smallest absolute Gasteiger partial charge is 0.268 e. The fourth-order valence-electron chi connectivity index (χ4n) is 4.07. The van der Waals surface area contributed by atoms with Gasteiger partial charge in [-0.3, -0.25) is 4.79 Å². The Morgan fingerprint density at radius 1 is 1.08 bits per heavy atom. The second-order valence-electron chi connectivity index (χ2n) is 7.51. The Morgan fingerprint density at radius 3 is 2.62 bits per heavy atom. The molecule has 1 amide bonds. The van der Waals surface area contributed by atoms with Crippen LogP contribution in [0.5, 0.6) is 0 Å². The van der Waals surface area contributed by atoms with E-state index in [2.05, 4.69) is 52.9 Å². The molecular weight excluding hydrogens is 322 g/mol. The van der Waals surface area contributed by atoms with Gasteiger partial charge in [-0.25, -0.2) is 0 Å². The van der Waals surface area contributed by atoms with Gasteiger partial charge in [0.15, 0.2) is 0 Å². The predicted octanol–water partition coefficient (Wildman–Crippen LogP) is 4.36. The molecule has 0 aliphatic carbocycles. The van der Waals surface area contributed by atoms with Crippen molar-refractivity contribution in [3.05, 3.63) is 35.5 Å². The Bertz CT molecular complexity index is 728. The first-order valence-corrected chi connectivity index (χ1v) is 10.3. The SMILES string of the molecule is CCCCn1c(C(=O)NCCCCN2CCCC2)c(C)c2ccccc21. The van der Waals surface area contributed by atoms with Crippen molar-refractivity contribution in [3.8, 4) is 0 Å². The normalized spacial score (nSPS) is 15.0. The number of nitrogens with one attached hydrogen (secondary N) is 1. The van der Waals surface area contributed by atoms with Crippen molar-refractivity contribution in [2.24, 2.45) is 0 Å². The Labute approximate surface area is 157 Å². The number of carbonyl (C=O) groups is 1. The van der Waals surface area contributed by atoms with Crippen molar-refractivity contribution in [2.45, 2.75) is 58.9 Å². The number of unbranched alkanes of at least 4 members (excludes halogenated alkanes) is 2. The molecule has 2 aromatic rings. The third-order valence-corrected chi connectivity index (χ3v) is 5.56. The summed E-state index contributed by atoms with van der Waals surface area (Å²) in [4.78, 5) is 15.4. The van der Waals surface area contributed by atoms with E-state index in [-0.39, 0.29) is 5.91 Å². The number of nitrogens with zero attached hydrogens (tertiary/aromatic N) is 2. The molecule has 1 aromatic carbocycles. The minimum atomic E-state index is 0.0796. The van der Waals surface area contributed by atoms with Crippen LogP contribution in [-0.4, -0.2) is 41.6 Å². The van der Waals surface area contributed by atoms with Gasteiger partial charge in [0.05, 0.1) is 0 Å². The van der Waals surface area contributed by atoms with Crippen molar-refractivity contribution in [3.63, 3.8) is 0 Å². The monoisotopic (exact) mass is 355 g/mol. The van der Waals surface area contributed by atoms with Gasteiger partial charge in [0.1, 0.15) is 5.69 Å². The third-order valence-electron chi connectivity index (χ3n) is 5.56. The molecule has 1 aliphatic heterocycles. The van der Waals surface area contributed by atoms with Crippen LogP contribution < -0.4 is 5.32 Å². The van der Waals surface area contributed by atoms with Crippen LogP contribution in [0.2, 0.25) is 0 Å². The summed E-state index contributed by atoms with van der Waals surface area (Å²) < 4.78 is 2.22. The molecule has 2 heterocycles. The van der Waals surface area contributed by atoms with E-state index in [0.29, 0.717) is 0 Å². The second kappa shape index (κ2) is 9.22. The van der Waals surface area contributed by atoms with Crippen molar-refractivity contribution >= 4 is 16.8 Å². The van der Waals surface area contributed by atoms with E-state index >= 15 is 0 Å². The number of fused-ring (bicyclic) bond motifs is 1. The Balaban J connectivity index is 1.62. The largest absolute Gasteiger partial charge is 0.351 e. The van der Waals surface area contributed by atoms with Crippen LogP contribution in [0.4, 0.5) is 0 Å². The lowest BCUT2D eigenvalue weighted by Gasteiger charge is -2.14. The summed E-state index contributed by atoms with van der Waals surface area (Å²) in [6.45, 7) is 9.62. The van der Waals surface area contributed by atoms with E-state index in [1.54, 1.807) is 0 Å². The van der Waals surface area contributed by atoms with Crippen LogP contribution in [0.1, 0.15) is 61.5 Å². The van der Waals surface area contributed by atoms with Gasteiger partial charge in [-0.05, 0) is 70.3 Å². The molecule has 0 radical (unpaired) electrons. The molecular formula is C22H33N3O. The summed E-state index contributed by atoms with van der Waals surface area (Å²) in [5, 5.41) is 4.36. The number of aryl methyl sites for hydroxylation is 2. The lowest BCUT2D eigenvalue weighted by atomic mass is 10.1. The van der Waals surface area contributed by atoms with E-state index in [0.717, 1.165) is 50.0 Å². The molecule has 3 rings (SSSR count). The van der Waals surface area contributed by atoms with Gasteiger partial charge in [-0.2, -0.15) is 0 Å². The van der Waals surface area contributed by atoms with Crippen LogP contribution >= 0.6 is 0 Å². The quantitative estimate of drug-likeness (QED) is 0.679. The van der Waals surface area contributed by atoms with E-state index in [9.17, 15) is 4.79 Å². The van der Waals surface area contributed by atoms with E-state index in [1.807, 2.05) is 0 Å². The van der Waals surface area contributed by atoms with Crippen LogP contribution in [0, 0.1) is 6.92 Å². The molecule has 1 aliphatic rings. The second-order valence-corrected chi connectivity index (χ2v) is 7.51. The maximum Gasteiger partial charge on any atom is 0.268 e. The highest BCUT2D eigenvalue weighted by molar-refractivity contribution is 6.01. The summed E-state index contributed by atoms with van der Waals surface area (Å²) in [5.41, 5.74) is 3.13. The van der Waals surface area contributed by atoms with Crippen LogP contribution in [0.15, 0.2) is 24.3 Å². The fourth-order valence-corrected chi connectivity index (χ4v) is 4.07. The van der Waals surface area contributed by atoms with Gasteiger partial charge in [0.25, 0.3) is 5.91 Å². The molecule has 1 N–H and O–H groups in total. The summed E-state index contributed by atoms with van der Waals surface area (Å²) in [7, 11) is 0. The minimum Gasteiger partial charge on any atom is -0.351 e. The molecule has 0 bridgehead atoms. The fraction of sp³-hybridized carbons (Fsp3) is 0.591. The average molecular weight is 356 g/mol. The zero-order valence-electron chi connectivity index (χ0n) is 16.4. The zero-order chi connectivity index (χ0) is 18.4. The number of benzene rings is 1. The summed E-state index contributed by atoms with van der Waals surface area (Å²) in [6.07, 6.45) is 7.13. The molecule has 4 heteroatoms. The minimum absolute atomic E-state index is 0.0796. The van der Waals surface area contributed by atoms with Crippen molar-refractivity contribution < 1.29 is 4.79 Å². The lowest BCUT2D eigenvalue weighted by molar-refractivity contribution is 0.0943.